The lowest BCUT2D eigenvalue weighted by Crippen LogP contribution is -2.29. The number of alkyl halides is 3. The number of halogens is 3. The fourth-order valence-electron chi connectivity index (χ4n) is 4.70. The second kappa shape index (κ2) is 9.33. The maximum absolute atomic E-state index is 13.2. The molecule has 1 aliphatic rings. The molecule has 204 valence electrons. The van der Waals surface area contributed by atoms with Gasteiger partial charge in [0.15, 0.2) is 5.58 Å². The van der Waals surface area contributed by atoms with Crippen molar-refractivity contribution in [2.24, 2.45) is 0 Å². The van der Waals surface area contributed by atoms with E-state index in [1.54, 1.807) is 30.3 Å². The molecule has 1 N–H and O–H groups in total. The minimum atomic E-state index is -4.48. The summed E-state index contributed by atoms with van der Waals surface area (Å²) in [7, 11) is 1.37. The van der Waals surface area contributed by atoms with Crippen molar-refractivity contribution < 1.29 is 41.8 Å². The summed E-state index contributed by atoms with van der Waals surface area (Å²) < 4.78 is 50.9. The van der Waals surface area contributed by atoms with Crippen molar-refractivity contribution in [3.63, 3.8) is 0 Å². The predicted octanol–water partition coefficient (Wildman–Crippen LogP) is 6.69. The molecule has 2 heterocycles. The number of hydrogen-bond donors (Lipinski definition) is 1. The maximum atomic E-state index is 13.2. The number of amides is 2. The SMILES string of the molecule is COc1ccc(-c2nc3cc(-c4cccc(C(F)(F)F)c4)ccc3o2)cc1N1C(=O)c2ccc(C(=O)O)cc2C1=O. The van der Waals surface area contributed by atoms with E-state index in [-0.39, 0.29) is 34.0 Å². The van der Waals surface area contributed by atoms with Crippen LogP contribution in [0, 0.1) is 0 Å². The Hall–Kier alpha value is -5.45. The van der Waals surface area contributed by atoms with E-state index < -0.39 is 29.5 Å². The molecule has 0 unspecified atom stereocenters. The topological polar surface area (TPSA) is 110 Å². The molecule has 5 aromatic rings. The largest absolute Gasteiger partial charge is 0.495 e. The second-order valence-corrected chi connectivity index (χ2v) is 9.18. The maximum Gasteiger partial charge on any atom is 0.416 e. The van der Waals surface area contributed by atoms with Gasteiger partial charge in [0.25, 0.3) is 11.8 Å². The van der Waals surface area contributed by atoms with E-state index in [0.717, 1.165) is 23.1 Å². The standard InChI is InChI=1S/C30H17F3N2O6/c1-40-25-10-7-17(14-23(25)35-27(36)20-8-5-18(29(38)39)12-21(20)28(35)37)26-34-22-13-16(6-9-24(22)41-26)15-3-2-4-19(11-15)30(31,32)33/h2-14H,1H3,(H,38,39). The number of methoxy groups -OCH3 is 1. The van der Waals surface area contributed by atoms with Gasteiger partial charge in [-0.15, -0.1) is 0 Å². The van der Waals surface area contributed by atoms with Crippen LogP contribution in [0.2, 0.25) is 0 Å². The molecule has 1 aliphatic heterocycles. The van der Waals surface area contributed by atoms with Crippen LogP contribution in [0.3, 0.4) is 0 Å². The number of carboxylic acid groups (broad SMARTS) is 1. The summed E-state index contributed by atoms with van der Waals surface area (Å²) in [6.45, 7) is 0. The average molecular weight is 558 g/mol. The van der Waals surface area contributed by atoms with Crippen LogP contribution in [0.15, 0.2) is 83.3 Å². The summed E-state index contributed by atoms with van der Waals surface area (Å²) in [6, 6.07) is 18.1. The summed E-state index contributed by atoms with van der Waals surface area (Å²) in [5, 5.41) is 9.29. The third-order valence-electron chi connectivity index (χ3n) is 6.71. The van der Waals surface area contributed by atoms with Crippen molar-refractivity contribution in [3.05, 3.63) is 101 Å². The highest BCUT2D eigenvalue weighted by Crippen LogP contribution is 2.39. The molecule has 0 fully saturated rings. The molecule has 0 aliphatic carbocycles. The van der Waals surface area contributed by atoms with Crippen molar-refractivity contribution in [2.45, 2.75) is 6.18 Å². The number of nitrogens with zero attached hydrogens (tertiary/aromatic N) is 2. The number of anilines is 1. The molecule has 41 heavy (non-hydrogen) atoms. The second-order valence-electron chi connectivity index (χ2n) is 9.18. The number of fused-ring (bicyclic) bond motifs is 2. The molecule has 11 heteroatoms. The number of aromatic carboxylic acids is 1. The zero-order valence-electron chi connectivity index (χ0n) is 21.0. The molecule has 2 amide bonds. The third-order valence-corrected chi connectivity index (χ3v) is 6.71. The first-order valence-corrected chi connectivity index (χ1v) is 12.1. The number of ether oxygens (including phenoxy) is 1. The van der Waals surface area contributed by atoms with Gasteiger partial charge in [-0.1, -0.05) is 18.2 Å². The van der Waals surface area contributed by atoms with Gasteiger partial charge in [0.05, 0.1) is 35.1 Å². The number of carboxylic acids is 1. The summed E-state index contributed by atoms with van der Waals surface area (Å²) in [5.74, 6) is -2.27. The number of aromatic nitrogens is 1. The lowest BCUT2D eigenvalue weighted by molar-refractivity contribution is -0.137. The smallest absolute Gasteiger partial charge is 0.416 e. The van der Waals surface area contributed by atoms with E-state index in [9.17, 15) is 32.7 Å². The van der Waals surface area contributed by atoms with E-state index in [1.165, 1.54) is 37.4 Å². The van der Waals surface area contributed by atoms with Gasteiger partial charge in [0.1, 0.15) is 11.3 Å². The normalized spacial score (nSPS) is 13.1. The highest BCUT2D eigenvalue weighted by Gasteiger charge is 2.39. The zero-order valence-corrected chi connectivity index (χ0v) is 21.0. The van der Waals surface area contributed by atoms with E-state index >= 15 is 0 Å². The Bertz CT molecular complexity index is 1910. The molecule has 4 aromatic carbocycles. The lowest BCUT2D eigenvalue weighted by Gasteiger charge is -2.18. The molecule has 0 saturated heterocycles. The van der Waals surface area contributed by atoms with Gasteiger partial charge in [-0.2, -0.15) is 13.2 Å². The first-order chi connectivity index (χ1) is 19.5. The number of rotatable bonds is 5. The predicted molar refractivity (Wildman–Crippen MR) is 141 cm³/mol. The quantitative estimate of drug-likeness (QED) is 0.239. The summed E-state index contributed by atoms with van der Waals surface area (Å²) >= 11 is 0. The van der Waals surface area contributed by atoms with Crippen LogP contribution >= 0.6 is 0 Å². The van der Waals surface area contributed by atoms with E-state index in [0.29, 0.717) is 27.8 Å². The monoisotopic (exact) mass is 558 g/mol. The molecule has 1 aromatic heterocycles. The number of carbonyl (C=O) groups is 3. The minimum absolute atomic E-state index is 0.0497. The lowest BCUT2D eigenvalue weighted by atomic mass is 10.0. The first kappa shape index (κ1) is 25.8. The van der Waals surface area contributed by atoms with Gasteiger partial charge in [-0.05, 0) is 71.8 Å². The van der Waals surface area contributed by atoms with Crippen LogP contribution in [0.25, 0.3) is 33.7 Å². The van der Waals surface area contributed by atoms with Crippen LogP contribution in [-0.4, -0.2) is 35.0 Å². The van der Waals surface area contributed by atoms with Gasteiger partial charge in [-0.3, -0.25) is 9.59 Å². The van der Waals surface area contributed by atoms with Crippen molar-refractivity contribution in [2.75, 3.05) is 12.0 Å². The number of hydrogen-bond acceptors (Lipinski definition) is 6. The summed E-state index contributed by atoms with van der Waals surface area (Å²) in [5.41, 5.74) is 1.20. The molecule has 0 saturated carbocycles. The number of benzene rings is 4. The van der Waals surface area contributed by atoms with Crippen molar-refractivity contribution >= 4 is 34.6 Å². The fourth-order valence-corrected chi connectivity index (χ4v) is 4.70. The van der Waals surface area contributed by atoms with Crippen molar-refractivity contribution in [1.29, 1.82) is 0 Å². The highest BCUT2D eigenvalue weighted by molar-refractivity contribution is 6.35. The molecule has 0 bridgehead atoms. The molecule has 6 rings (SSSR count). The number of carbonyl (C=O) groups excluding carboxylic acids is 2. The van der Waals surface area contributed by atoms with Crippen LogP contribution in [0.4, 0.5) is 18.9 Å². The van der Waals surface area contributed by atoms with Gasteiger partial charge in [-0.25, -0.2) is 14.7 Å². The van der Waals surface area contributed by atoms with Crippen LogP contribution in [0.1, 0.15) is 36.6 Å². The van der Waals surface area contributed by atoms with Crippen LogP contribution in [-0.2, 0) is 6.18 Å². The Morgan fingerprint density at radius 1 is 0.878 bits per heavy atom. The van der Waals surface area contributed by atoms with Gasteiger partial charge >= 0.3 is 12.1 Å². The number of imide groups is 1. The number of oxazole rings is 1. The Labute approximate surface area is 229 Å². The molecular weight excluding hydrogens is 541 g/mol. The van der Waals surface area contributed by atoms with E-state index in [4.69, 9.17) is 9.15 Å². The molecule has 8 nitrogen and oxygen atoms in total. The summed E-state index contributed by atoms with van der Waals surface area (Å²) in [4.78, 5) is 43.2. The Balaban J connectivity index is 1.38. The Kier molecular flexibility index (Phi) is 5.88. The van der Waals surface area contributed by atoms with Crippen molar-refractivity contribution in [3.8, 4) is 28.3 Å². The van der Waals surface area contributed by atoms with Crippen LogP contribution in [0.5, 0.6) is 5.75 Å². The Morgan fingerprint density at radius 3 is 2.34 bits per heavy atom. The van der Waals surface area contributed by atoms with E-state index in [2.05, 4.69) is 4.98 Å². The van der Waals surface area contributed by atoms with Crippen LogP contribution < -0.4 is 9.64 Å². The van der Waals surface area contributed by atoms with Gasteiger partial charge < -0.3 is 14.3 Å². The van der Waals surface area contributed by atoms with Gasteiger partial charge in [0.2, 0.25) is 5.89 Å². The summed E-state index contributed by atoms with van der Waals surface area (Å²) in [6.07, 6.45) is -4.48. The molecule has 0 atom stereocenters. The van der Waals surface area contributed by atoms with Crippen molar-refractivity contribution in [1.82, 2.24) is 4.98 Å². The molecule has 0 spiro atoms. The molecule has 0 radical (unpaired) electrons. The zero-order chi connectivity index (χ0) is 29.1. The average Bonchev–Trinajstić information content (AvgIpc) is 3.50. The third kappa shape index (κ3) is 4.37. The highest BCUT2D eigenvalue weighted by atomic mass is 19.4. The Morgan fingerprint density at radius 2 is 1.61 bits per heavy atom. The van der Waals surface area contributed by atoms with E-state index in [1.807, 2.05) is 0 Å². The first-order valence-electron chi connectivity index (χ1n) is 12.1. The minimum Gasteiger partial charge on any atom is -0.495 e. The van der Waals surface area contributed by atoms with Gasteiger partial charge in [0, 0.05) is 5.56 Å². The molecular formula is C30H17F3N2O6. The fraction of sp³-hybridized carbons (Fsp3) is 0.0667.